The number of nitrogens with one attached hydrogen (secondary N) is 1. The van der Waals surface area contributed by atoms with Gasteiger partial charge in [0.15, 0.2) is 0 Å². The first-order valence-electron chi connectivity index (χ1n) is 12.6. The molecule has 0 saturated heterocycles. The van der Waals surface area contributed by atoms with Crippen LogP contribution in [0.2, 0.25) is 15.1 Å². The molecule has 0 aliphatic heterocycles. The van der Waals surface area contributed by atoms with Crippen LogP contribution < -0.4 is 9.62 Å². The van der Waals surface area contributed by atoms with Crippen molar-refractivity contribution in [2.45, 2.75) is 57.1 Å². The summed E-state index contributed by atoms with van der Waals surface area (Å²) in [5, 5.41) is 3.88. The van der Waals surface area contributed by atoms with Gasteiger partial charge in [-0.2, -0.15) is 0 Å². The second-order valence-electron chi connectivity index (χ2n) is 10.2. The lowest BCUT2D eigenvalue weighted by molar-refractivity contribution is -0.141. The predicted octanol–water partition coefficient (Wildman–Crippen LogP) is 6.56. The number of rotatable bonds is 10. The van der Waals surface area contributed by atoms with E-state index in [1.165, 1.54) is 23.1 Å². The van der Waals surface area contributed by atoms with Gasteiger partial charge in [-0.1, -0.05) is 72.1 Å². The van der Waals surface area contributed by atoms with Gasteiger partial charge in [-0.15, -0.1) is 0 Å². The largest absolute Gasteiger partial charge is 0.350 e. The van der Waals surface area contributed by atoms with Crippen molar-refractivity contribution in [2.75, 3.05) is 10.8 Å². The monoisotopic (exact) mass is 623 g/mol. The van der Waals surface area contributed by atoms with Crippen LogP contribution in [0, 0.1) is 0 Å². The average molecular weight is 625 g/mol. The fourth-order valence-electron chi connectivity index (χ4n) is 4.09. The van der Waals surface area contributed by atoms with E-state index in [9.17, 15) is 18.0 Å². The molecular formula is C29H32Cl3N3O4S. The molecule has 0 unspecified atom stereocenters. The highest BCUT2D eigenvalue weighted by molar-refractivity contribution is 7.92. The van der Waals surface area contributed by atoms with Gasteiger partial charge in [0.1, 0.15) is 12.6 Å². The molecule has 3 aromatic rings. The van der Waals surface area contributed by atoms with Crippen LogP contribution in [-0.4, -0.2) is 43.3 Å². The van der Waals surface area contributed by atoms with Crippen molar-refractivity contribution in [3.05, 3.63) is 93.4 Å². The zero-order chi connectivity index (χ0) is 29.7. The lowest BCUT2D eigenvalue weighted by Gasteiger charge is -2.34. The first kappa shape index (κ1) is 31.7. The zero-order valence-corrected chi connectivity index (χ0v) is 25.8. The summed E-state index contributed by atoms with van der Waals surface area (Å²) in [7, 11) is -4.18. The van der Waals surface area contributed by atoms with E-state index in [4.69, 9.17) is 34.8 Å². The van der Waals surface area contributed by atoms with E-state index >= 15 is 0 Å². The number of benzene rings is 3. The molecule has 2 amide bonds. The van der Waals surface area contributed by atoms with Gasteiger partial charge in [-0.3, -0.25) is 13.9 Å². The molecule has 0 spiro atoms. The third kappa shape index (κ3) is 8.13. The second-order valence-corrected chi connectivity index (χ2v) is 13.4. The quantitative estimate of drug-likeness (QED) is 0.277. The molecule has 0 heterocycles. The van der Waals surface area contributed by atoms with Crippen LogP contribution in [0.25, 0.3) is 0 Å². The number of carbonyl (C=O) groups excluding carboxylic acids is 2. The summed E-state index contributed by atoms with van der Waals surface area (Å²) in [5.74, 6) is -0.940. The Morgan fingerprint density at radius 1 is 0.900 bits per heavy atom. The summed E-state index contributed by atoms with van der Waals surface area (Å²) in [6.45, 7) is 6.75. The van der Waals surface area contributed by atoms with E-state index < -0.39 is 34.1 Å². The highest BCUT2D eigenvalue weighted by Gasteiger charge is 2.34. The molecule has 1 atom stereocenters. The molecule has 0 aromatic heterocycles. The van der Waals surface area contributed by atoms with Gasteiger partial charge >= 0.3 is 0 Å². The van der Waals surface area contributed by atoms with E-state index in [-0.39, 0.29) is 29.5 Å². The Morgan fingerprint density at radius 2 is 1.57 bits per heavy atom. The minimum atomic E-state index is -4.18. The number of nitrogens with zero attached hydrogens (tertiary/aromatic N) is 2. The number of sulfonamides is 1. The number of hydrogen-bond acceptors (Lipinski definition) is 4. The Hall–Kier alpha value is -2.78. The second kappa shape index (κ2) is 13.3. The van der Waals surface area contributed by atoms with Crippen LogP contribution in [0.4, 0.5) is 5.69 Å². The Kier molecular flexibility index (Phi) is 10.5. The molecule has 40 heavy (non-hydrogen) atoms. The molecule has 0 aliphatic carbocycles. The Morgan fingerprint density at radius 3 is 2.15 bits per heavy atom. The minimum absolute atomic E-state index is 0.000558. The van der Waals surface area contributed by atoms with E-state index in [1.54, 1.807) is 61.5 Å². The van der Waals surface area contributed by atoms with Crippen molar-refractivity contribution >= 4 is 62.3 Å². The van der Waals surface area contributed by atoms with Gasteiger partial charge < -0.3 is 10.2 Å². The maximum Gasteiger partial charge on any atom is 0.264 e. The van der Waals surface area contributed by atoms with Crippen molar-refractivity contribution in [1.29, 1.82) is 0 Å². The van der Waals surface area contributed by atoms with Crippen LogP contribution in [0.3, 0.4) is 0 Å². The summed E-state index contributed by atoms with van der Waals surface area (Å²) < 4.78 is 28.6. The molecule has 0 saturated carbocycles. The molecule has 3 rings (SSSR count). The zero-order valence-electron chi connectivity index (χ0n) is 22.7. The topological polar surface area (TPSA) is 86.8 Å². The van der Waals surface area contributed by atoms with Crippen LogP contribution in [0.5, 0.6) is 0 Å². The first-order chi connectivity index (χ1) is 18.7. The van der Waals surface area contributed by atoms with Crippen LogP contribution >= 0.6 is 34.8 Å². The van der Waals surface area contributed by atoms with Crippen molar-refractivity contribution in [3.8, 4) is 0 Å². The van der Waals surface area contributed by atoms with Crippen molar-refractivity contribution in [1.82, 2.24) is 10.2 Å². The highest BCUT2D eigenvalue weighted by Crippen LogP contribution is 2.28. The van der Waals surface area contributed by atoms with Gasteiger partial charge in [0, 0.05) is 17.1 Å². The van der Waals surface area contributed by atoms with Gasteiger partial charge in [-0.05, 0) is 75.2 Å². The van der Waals surface area contributed by atoms with Crippen molar-refractivity contribution in [2.24, 2.45) is 0 Å². The van der Waals surface area contributed by atoms with E-state index in [1.807, 2.05) is 20.8 Å². The van der Waals surface area contributed by atoms with Gasteiger partial charge in [0.25, 0.3) is 10.0 Å². The van der Waals surface area contributed by atoms with E-state index in [0.717, 1.165) is 4.31 Å². The van der Waals surface area contributed by atoms with Crippen LogP contribution in [0.15, 0.2) is 77.7 Å². The van der Waals surface area contributed by atoms with Gasteiger partial charge in [-0.25, -0.2) is 8.42 Å². The van der Waals surface area contributed by atoms with Crippen molar-refractivity contribution < 1.29 is 18.0 Å². The molecule has 3 aromatic carbocycles. The van der Waals surface area contributed by atoms with Crippen LogP contribution in [-0.2, 0) is 26.2 Å². The molecule has 0 bridgehead atoms. The lowest BCUT2D eigenvalue weighted by Crippen LogP contribution is -2.55. The molecule has 1 N–H and O–H groups in total. The number of halogens is 3. The Balaban J connectivity index is 2.08. The average Bonchev–Trinajstić information content (AvgIpc) is 2.88. The predicted molar refractivity (Wildman–Crippen MR) is 161 cm³/mol. The normalized spacial score (nSPS) is 12.5. The number of hydrogen-bond donors (Lipinski definition) is 1. The Bertz CT molecular complexity index is 1460. The summed E-state index contributed by atoms with van der Waals surface area (Å²) in [5.41, 5.74) is 0.295. The molecule has 214 valence electrons. The number of carbonyl (C=O) groups is 2. The Labute approximate surface area is 251 Å². The number of amides is 2. The summed E-state index contributed by atoms with van der Waals surface area (Å²) in [6.07, 6.45) is 0.289. The van der Waals surface area contributed by atoms with Crippen LogP contribution in [0.1, 0.15) is 39.7 Å². The molecule has 0 aliphatic rings. The molecule has 11 heteroatoms. The van der Waals surface area contributed by atoms with E-state index in [2.05, 4.69) is 5.32 Å². The van der Waals surface area contributed by atoms with Crippen molar-refractivity contribution in [3.63, 3.8) is 0 Å². The molecular weight excluding hydrogens is 593 g/mol. The molecule has 7 nitrogen and oxygen atoms in total. The first-order valence-corrected chi connectivity index (χ1v) is 15.2. The SMILES string of the molecule is CC[C@H](C(=O)NC(C)(C)C)N(Cc1ccc(Cl)c(Cl)c1)C(=O)CN(c1cccc(Cl)c1)S(=O)(=O)c1ccccc1. The highest BCUT2D eigenvalue weighted by atomic mass is 35.5. The maximum absolute atomic E-state index is 14.1. The summed E-state index contributed by atoms with van der Waals surface area (Å²) in [4.78, 5) is 28.8. The minimum Gasteiger partial charge on any atom is -0.350 e. The lowest BCUT2D eigenvalue weighted by atomic mass is 10.1. The molecule has 0 fully saturated rings. The fourth-order valence-corrected chi connectivity index (χ4v) is 6.02. The van der Waals surface area contributed by atoms with Gasteiger partial charge in [0.2, 0.25) is 11.8 Å². The number of anilines is 1. The standard InChI is InChI=1S/C29H32Cl3N3O4S/c1-5-26(28(37)33-29(2,3)4)34(18-20-14-15-24(31)25(32)16-20)27(36)19-35(22-11-9-10-21(30)17-22)40(38,39)23-12-7-6-8-13-23/h6-17,26H,5,18-19H2,1-4H3,(H,33,37)/t26-/m1/s1. The smallest absolute Gasteiger partial charge is 0.264 e. The third-order valence-electron chi connectivity index (χ3n) is 5.93. The third-order valence-corrected chi connectivity index (χ3v) is 8.69. The van der Waals surface area contributed by atoms with Gasteiger partial charge in [0.05, 0.1) is 20.6 Å². The maximum atomic E-state index is 14.1. The summed E-state index contributed by atoms with van der Waals surface area (Å²) >= 11 is 18.5. The summed E-state index contributed by atoms with van der Waals surface area (Å²) in [6, 6.07) is 18.1. The molecule has 0 radical (unpaired) electrons. The van der Waals surface area contributed by atoms with E-state index in [0.29, 0.717) is 20.6 Å². The fraction of sp³-hybridized carbons (Fsp3) is 0.310.